The SMILES string of the molecule is COc1c(C)cccc1C(=O)NC(=S)Nc1ccc(-c2nn3c(C)nnc3s2)cc1C. The number of hydrogen-bond acceptors (Lipinski definition) is 7. The molecule has 0 spiro atoms. The predicted octanol–water partition coefficient (Wildman–Crippen LogP) is 3.91. The van der Waals surface area contributed by atoms with Crippen LogP contribution in [0.3, 0.4) is 0 Å². The van der Waals surface area contributed by atoms with Gasteiger partial charge in [0.15, 0.2) is 10.9 Å². The minimum absolute atomic E-state index is 0.207. The molecule has 2 heterocycles. The Kier molecular flexibility index (Phi) is 5.66. The third-order valence-corrected chi connectivity index (χ3v) is 5.91. The molecule has 1 amide bonds. The van der Waals surface area contributed by atoms with Crippen molar-refractivity contribution in [3.05, 3.63) is 58.9 Å². The molecule has 0 fully saturated rings. The van der Waals surface area contributed by atoms with Crippen LogP contribution in [0.25, 0.3) is 15.5 Å². The Morgan fingerprint density at radius 1 is 1.13 bits per heavy atom. The molecule has 0 unspecified atom stereocenters. The van der Waals surface area contributed by atoms with Crippen LogP contribution in [0.5, 0.6) is 5.75 Å². The zero-order valence-electron chi connectivity index (χ0n) is 17.4. The molecule has 0 bridgehead atoms. The van der Waals surface area contributed by atoms with Gasteiger partial charge in [0.1, 0.15) is 10.8 Å². The second-order valence-corrected chi connectivity index (χ2v) is 8.31. The Bertz CT molecular complexity index is 1310. The van der Waals surface area contributed by atoms with Gasteiger partial charge in [-0.05, 0) is 68.4 Å². The van der Waals surface area contributed by atoms with E-state index in [0.717, 1.165) is 38.2 Å². The van der Waals surface area contributed by atoms with Gasteiger partial charge in [0.05, 0.1) is 12.7 Å². The van der Waals surface area contributed by atoms with E-state index >= 15 is 0 Å². The van der Waals surface area contributed by atoms with Crippen LogP contribution >= 0.6 is 23.6 Å². The van der Waals surface area contributed by atoms with Crippen LogP contribution in [0.4, 0.5) is 5.69 Å². The molecule has 2 N–H and O–H groups in total. The molecule has 0 saturated carbocycles. The number of aryl methyl sites for hydroxylation is 3. The summed E-state index contributed by atoms with van der Waals surface area (Å²) >= 11 is 6.82. The largest absolute Gasteiger partial charge is 0.496 e. The third kappa shape index (κ3) is 4.12. The molecule has 158 valence electrons. The Morgan fingerprint density at radius 2 is 1.94 bits per heavy atom. The van der Waals surface area contributed by atoms with E-state index < -0.39 is 0 Å². The second kappa shape index (κ2) is 8.40. The van der Waals surface area contributed by atoms with E-state index in [0.29, 0.717) is 11.3 Å². The summed E-state index contributed by atoms with van der Waals surface area (Å²) in [5, 5.41) is 19.5. The molecule has 4 rings (SSSR count). The molecule has 10 heteroatoms. The van der Waals surface area contributed by atoms with Crippen LogP contribution < -0.4 is 15.4 Å². The van der Waals surface area contributed by atoms with Crippen molar-refractivity contribution in [2.75, 3.05) is 12.4 Å². The summed E-state index contributed by atoms with van der Waals surface area (Å²) < 4.78 is 7.08. The van der Waals surface area contributed by atoms with Gasteiger partial charge < -0.3 is 10.1 Å². The van der Waals surface area contributed by atoms with Gasteiger partial charge in [-0.1, -0.05) is 23.5 Å². The van der Waals surface area contributed by atoms with E-state index in [1.165, 1.54) is 11.3 Å². The highest BCUT2D eigenvalue weighted by Gasteiger charge is 2.16. The normalized spacial score (nSPS) is 10.8. The fourth-order valence-corrected chi connectivity index (χ4v) is 4.28. The first-order chi connectivity index (χ1) is 14.9. The van der Waals surface area contributed by atoms with Crippen molar-refractivity contribution in [1.29, 1.82) is 0 Å². The smallest absolute Gasteiger partial charge is 0.261 e. The quantitative estimate of drug-likeness (QED) is 0.453. The molecule has 0 aliphatic carbocycles. The number of nitrogens with zero attached hydrogens (tertiary/aromatic N) is 4. The van der Waals surface area contributed by atoms with Gasteiger partial charge in [0.25, 0.3) is 5.91 Å². The number of anilines is 1. The average molecular weight is 453 g/mol. The third-order valence-electron chi connectivity index (χ3n) is 4.76. The number of amides is 1. The first kappa shape index (κ1) is 20.9. The summed E-state index contributed by atoms with van der Waals surface area (Å²) in [6, 6.07) is 11.3. The highest BCUT2D eigenvalue weighted by atomic mass is 32.1. The highest BCUT2D eigenvalue weighted by Crippen LogP contribution is 2.29. The lowest BCUT2D eigenvalue weighted by Crippen LogP contribution is -2.34. The maximum Gasteiger partial charge on any atom is 0.261 e. The van der Waals surface area contributed by atoms with E-state index in [2.05, 4.69) is 25.9 Å². The molecule has 2 aromatic heterocycles. The molecule has 8 nitrogen and oxygen atoms in total. The Hall–Kier alpha value is -3.37. The van der Waals surface area contributed by atoms with Gasteiger partial charge in [-0.15, -0.1) is 10.2 Å². The molecule has 4 aromatic rings. The summed E-state index contributed by atoms with van der Waals surface area (Å²) in [5.74, 6) is 0.949. The number of carbonyl (C=O) groups is 1. The molecule has 31 heavy (non-hydrogen) atoms. The van der Waals surface area contributed by atoms with E-state index in [9.17, 15) is 4.79 Å². The molecule has 0 aliphatic heterocycles. The van der Waals surface area contributed by atoms with Crippen molar-refractivity contribution in [2.24, 2.45) is 0 Å². The van der Waals surface area contributed by atoms with Crippen LogP contribution in [-0.4, -0.2) is 37.9 Å². The van der Waals surface area contributed by atoms with Gasteiger partial charge in [-0.2, -0.15) is 9.61 Å². The number of methoxy groups -OCH3 is 1. The molecule has 0 radical (unpaired) electrons. The maximum atomic E-state index is 12.6. The van der Waals surface area contributed by atoms with Crippen LogP contribution in [0.2, 0.25) is 0 Å². The first-order valence-electron chi connectivity index (χ1n) is 9.43. The highest BCUT2D eigenvalue weighted by molar-refractivity contribution is 7.80. The predicted molar refractivity (Wildman–Crippen MR) is 125 cm³/mol. The lowest BCUT2D eigenvalue weighted by atomic mass is 10.1. The topological polar surface area (TPSA) is 93.4 Å². The summed E-state index contributed by atoms with van der Waals surface area (Å²) in [5.41, 5.74) is 4.03. The van der Waals surface area contributed by atoms with Crippen molar-refractivity contribution in [3.8, 4) is 16.3 Å². The van der Waals surface area contributed by atoms with E-state index in [1.807, 2.05) is 45.0 Å². The molecule has 0 atom stereocenters. The van der Waals surface area contributed by atoms with Gasteiger partial charge in [0.2, 0.25) is 4.96 Å². The van der Waals surface area contributed by atoms with E-state index in [4.69, 9.17) is 17.0 Å². The molecular formula is C21H20N6O2S2. The van der Waals surface area contributed by atoms with Gasteiger partial charge in [-0.3, -0.25) is 10.1 Å². The standard InChI is InChI=1S/C21H20N6O2S2/c1-11-6-5-7-15(17(11)29-4)18(28)23-20(30)22-16-9-8-14(10-12(16)2)19-26-27-13(3)24-25-21(27)31-19/h5-10H,1-4H3,(H2,22,23,28,30). The fraction of sp³-hybridized carbons (Fsp3) is 0.190. The monoisotopic (exact) mass is 452 g/mol. The lowest BCUT2D eigenvalue weighted by Gasteiger charge is -2.14. The number of rotatable bonds is 4. The van der Waals surface area contributed by atoms with E-state index in [1.54, 1.807) is 23.8 Å². The van der Waals surface area contributed by atoms with Crippen LogP contribution in [-0.2, 0) is 0 Å². The van der Waals surface area contributed by atoms with Crippen molar-refractivity contribution in [1.82, 2.24) is 25.1 Å². The number of para-hydroxylation sites is 1. The molecular weight excluding hydrogens is 432 g/mol. The number of thiocarbonyl (C=S) groups is 1. The number of fused-ring (bicyclic) bond motifs is 1. The molecule has 0 aliphatic rings. The van der Waals surface area contributed by atoms with Gasteiger partial charge in [0, 0.05) is 11.3 Å². The number of nitrogens with one attached hydrogen (secondary N) is 2. The number of ether oxygens (including phenoxy) is 1. The van der Waals surface area contributed by atoms with Gasteiger partial charge >= 0.3 is 0 Å². The number of carbonyl (C=O) groups excluding carboxylic acids is 1. The number of benzene rings is 2. The van der Waals surface area contributed by atoms with Gasteiger partial charge in [-0.25, -0.2) is 0 Å². The minimum Gasteiger partial charge on any atom is -0.496 e. The Balaban J connectivity index is 1.48. The van der Waals surface area contributed by atoms with Crippen LogP contribution in [0.1, 0.15) is 27.3 Å². The van der Waals surface area contributed by atoms with Crippen LogP contribution in [0.15, 0.2) is 36.4 Å². The number of hydrogen-bond donors (Lipinski definition) is 2. The second-order valence-electron chi connectivity index (χ2n) is 6.94. The molecule has 0 saturated heterocycles. The van der Waals surface area contributed by atoms with Crippen molar-refractivity contribution < 1.29 is 9.53 Å². The Morgan fingerprint density at radius 3 is 2.65 bits per heavy atom. The zero-order valence-corrected chi connectivity index (χ0v) is 19.0. The fourth-order valence-electron chi connectivity index (χ4n) is 3.19. The summed E-state index contributed by atoms with van der Waals surface area (Å²) in [7, 11) is 1.54. The zero-order chi connectivity index (χ0) is 22.1. The summed E-state index contributed by atoms with van der Waals surface area (Å²) in [4.78, 5) is 13.4. The van der Waals surface area contributed by atoms with E-state index in [-0.39, 0.29) is 11.0 Å². The van der Waals surface area contributed by atoms with Crippen molar-refractivity contribution >= 4 is 45.2 Å². The average Bonchev–Trinajstić information content (AvgIpc) is 3.31. The number of aromatic nitrogens is 4. The summed E-state index contributed by atoms with van der Waals surface area (Å²) in [6.45, 7) is 5.71. The van der Waals surface area contributed by atoms with Crippen LogP contribution in [0, 0.1) is 20.8 Å². The first-order valence-corrected chi connectivity index (χ1v) is 10.7. The maximum absolute atomic E-state index is 12.6. The lowest BCUT2D eigenvalue weighted by molar-refractivity contribution is 0.0974. The molecule has 2 aromatic carbocycles. The summed E-state index contributed by atoms with van der Waals surface area (Å²) in [6.07, 6.45) is 0. The minimum atomic E-state index is -0.331. The van der Waals surface area contributed by atoms with Crippen molar-refractivity contribution in [2.45, 2.75) is 20.8 Å². The Labute approximate surface area is 188 Å². The van der Waals surface area contributed by atoms with Crippen molar-refractivity contribution in [3.63, 3.8) is 0 Å².